The molecule has 0 saturated carbocycles. The largest absolute Gasteiger partial charge is 0.508 e. The molecule has 4 nitrogen and oxygen atoms in total. The number of hydrogen-bond donors (Lipinski definition) is 2. The quantitative estimate of drug-likeness (QED) is 0.649. The van der Waals surface area contributed by atoms with E-state index in [1.165, 1.54) is 36.8 Å². The molecule has 4 heteroatoms. The van der Waals surface area contributed by atoms with E-state index in [1.807, 2.05) is 13.1 Å². The van der Waals surface area contributed by atoms with E-state index in [2.05, 4.69) is 21.3 Å². The van der Waals surface area contributed by atoms with E-state index in [0.717, 1.165) is 37.5 Å². The zero-order valence-corrected chi connectivity index (χ0v) is 12.9. The fraction of sp³-hybridized carbons (Fsp3) is 0.588. The Bertz CT molecular complexity index is 533. The van der Waals surface area contributed by atoms with E-state index in [1.54, 1.807) is 0 Å². The van der Waals surface area contributed by atoms with Crippen molar-refractivity contribution in [2.75, 3.05) is 20.1 Å². The van der Waals surface area contributed by atoms with Crippen molar-refractivity contribution in [3.05, 3.63) is 28.8 Å². The van der Waals surface area contributed by atoms with Gasteiger partial charge in [-0.05, 0) is 55.7 Å². The fourth-order valence-corrected chi connectivity index (χ4v) is 3.52. The lowest BCUT2D eigenvalue weighted by Crippen LogP contribution is -2.39. The van der Waals surface area contributed by atoms with Gasteiger partial charge in [-0.1, -0.05) is 6.07 Å². The monoisotopic (exact) mass is 287 g/mol. The number of rotatable bonds is 2. The van der Waals surface area contributed by atoms with E-state index < -0.39 is 0 Å². The van der Waals surface area contributed by atoms with Gasteiger partial charge in [-0.15, -0.1) is 0 Å². The molecule has 1 saturated heterocycles. The third-order valence-corrected chi connectivity index (χ3v) is 4.67. The van der Waals surface area contributed by atoms with E-state index in [9.17, 15) is 5.11 Å². The second kappa shape index (κ2) is 6.37. The summed E-state index contributed by atoms with van der Waals surface area (Å²) in [4.78, 5) is 6.67. The minimum absolute atomic E-state index is 0.417. The van der Waals surface area contributed by atoms with Crippen LogP contribution in [-0.2, 0) is 19.4 Å². The number of benzene rings is 1. The highest BCUT2D eigenvalue weighted by molar-refractivity contribution is 5.80. The highest BCUT2D eigenvalue weighted by atomic mass is 16.3. The van der Waals surface area contributed by atoms with Gasteiger partial charge >= 0.3 is 0 Å². The summed E-state index contributed by atoms with van der Waals surface area (Å²) in [6.45, 7) is 2.83. The molecule has 2 aliphatic rings. The van der Waals surface area contributed by atoms with E-state index >= 15 is 0 Å². The third-order valence-electron chi connectivity index (χ3n) is 4.67. The molecule has 1 aliphatic heterocycles. The van der Waals surface area contributed by atoms with Crippen molar-refractivity contribution in [2.24, 2.45) is 4.99 Å². The molecule has 1 heterocycles. The lowest BCUT2D eigenvalue weighted by Gasteiger charge is -2.24. The van der Waals surface area contributed by atoms with Crippen molar-refractivity contribution < 1.29 is 5.11 Å². The lowest BCUT2D eigenvalue weighted by atomic mass is 9.88. The highest BCUT2D eigenvalue weighted by Crippen LogP contribution is 2.30. The molecule has 0 amide bonds. The van der Waals surface area contributed by atoms with Gasteiger partial charge in [-0.2, -0.15) is 0 Å². The molecule has 0 spiro atoms. The summed E-state index contributed by atoms with van der Waals surface area (Å²) < 4.78 is 0. The van der Waals surface area contributed by atoms with Crippen LogP contribution in [0.25, 0.3) is 0 Å². The van der Waals surface area contributed by atoms with Gasteiger partial charge in [0.05, 0.1) is 0 Å². The summed E-state index contributed by atoms with van der Waals surface area (Å²) in [5, 5.41) is 13.7. The van der Waals surface area contributed by atoms with Gasteiger partial charge in [0.1, 0.15) is 5.75 Å². The summed E-state index contributed by atoms with van der Waals surface area (Å²) >= 11 is 0. The Hall–Kier alpha value is -1.71. The maximum absolute atomic E-state index is 10.2. The molecule has 21 heavy (non-hydrogen) atoms. The van der Waals surface area contributed by atoms with Crippen LogP contribution in [0.2, 0.25) is 0 Å². The van der Waals surface area contributed by atoms with Crippen LogP contribution in [0.1, 0.15) is 42.4 Å². The van der Waals surface area contributed by atoms with Gasteiger partial charge in [0.25, 0.3) is 0 Å². The molecule has 0 bridgehead atoms. The van der Waals surface area contributed by atoms with Crippen molar-refractivity contribution in [3.63, 3.8) is 0 Å². The molecule has 1 aromatic rings. The molecule has 0 aromatic heterocycles. The Morgan fingerprint density at radius 3 is 2.71 bits per heavy atom. The first-order valence-electron chi connectivity index (χ1n) is 8.08. The smallest absolute Gasteiger partial charge is 0.193 e. The van der Waals surface area contributed by atoms with Crippen molar-refractivity contribution in [1.29, 1.82) is 0 Å². The summed E-state index contributed by atoms with van der Waals surface area (Å²) in [6, 6.07) is 3.93. The number of aryl methyl sites for hydroxylation is 1. The maximum atomic E-state index is 10.2. The van der Waals surface area contributed by atoms with Crippen molar-refractivity contribution in [2.45, 2.75) is 45.1 Å². The number of nitrogens with one attached hydrogen (secondary N) is 1. The van der Waals surface area contributed by atoms with Crippen LogP contribution in [0, 0.1) is 0 Å². The van der Waals surface area contributed by atoms with Crippen LogP contribution in [0.5, 0.6) is 5.75 Å². The zero-order chi connectivity index (χ0) is 14.7. The van der Waals surface area contributed by atoms with Crippen LogP contribution in [0.4, 0.5) is 0 Å². The number of likely N-dealkylation sites (tertiary alicyclic amines) is 1. The molecule has 3 rings (SSSR count). The Balaban J connectivity index is 1.75. The predicted molar refractivity (Wildman–Crippen MR) is 85.8 cm³/mol. The topological polar surface area (TPSA) is 47.9 Å². The van der Waals surface area contributed by atoms with Crippen LogP contribution in [-0.4, -0.2) is 36.1 Å². The summed E-state index contributed by atoms with van der Waals surface area (Å²) in [7, 11) is 1.83. The summed E-state index contributed by atoms with van der Waals surface area (Å²) in [5.41, 5.74) is 3.82. The summed E-state index contributed by atoms with van der Waals surface area (Å²) in [5.74, 6) is 1.38. The van der Waals surface area contributed by atoms with Crippen LogP contribution in [0.3, 0.4) is 0 Å². The van der Waals surface area contributed by atoms with Gasteiger partial charge in [-0.3, -0.25) is 4.99 Å². The molecule has 2 N–H and O–H groups in total. The third kappa shape index (κ3) is 2.99. The average Bonchev–Trinajstić information content (AvgIpc) is 3.04. The summed E-state index contributed by atoms with van der Waals surface area (Å²) in [6.07, 6.45) is 7.20. The number of guanidine groups is 1. The molecule has 1 fully saturated rings. The molecule has 0 unspecified atom stereocenters. The van der Waals surface area contributed by atoms with Crippen LogP contribution in [0.15, 0.2) is 17.1 Å². The predicted octanol–water partition coefficient (Wildman–Crippen LogP) is 2.44. The van der Waals surface area contributed by atoms with E-state index in [0.29, 0.717) is 12.3 Å². The SMILES string of the molecule is CN=C(NCc1c(O)ccc2c1CCCC2)N1CCCC1. The normalized spacial score (nSPS) is 18.7. The number of hydrogen-bond acceptors (Lipinski definition) is 2. The number of aromatic hydroxyl groups is 1. The first kappa shape index (κ1) is 14.2. The number of phenols is 1. The van der Waals surface area contributed by atoms with Crippen LogP contribution < -0.4 is 5.32 Å². The number of nitrogens with zero attached hydrogens (tertiary/aromatic N) is 2. The van der Waals surface area contributed by atoms with Gasteiger partial charge in [0.15, 0.2) is 5.96 Å². The molecule has 0 radical (unpaired) electrons. The van der Waals surface area contributed by atoms with Gasteiger partial charge in [-0.25, -0.2) is 0 Å². The van der Waals surface area contributed by atoms with Gasteiger partial charge in [0.2, 0.25) is 0 Å². The van der Waals surface area contributed by atoms with Crippen LogP contribution >= 0.6 is 0 Å². The second-order valence-electron chi connectivity index (χ2n) is 6.00. The first-order valence-corrected chi connectivity index (χ1v) is 8.08. The van der Waals surface area contributed by atoms with Crippen molar-refractivity contribution >= 4 is 5.96 Å². The first-order chi connectivity index (χ1) is 10.3. The Kier molecular flexibility index (Phi) is 4.32. The molecule has 114 valence electrons. The van der Waals surface area contributed by atoms with E-state index in [4.69, 9.17) is 0 Å². The Morgan fingerprint density at radius 1 is 1.19 bits per heavy atom. The second-order valence-corrected chi connectivity index (χ2v) is 6.00. The van der Waals surface area contributed by atoms with Crippen molar-refractivity contribution in [1.82, 2.24) is 10.2 Å². The zero-order valence-electron chi connectivity index (χ0n) is 12.9. The Labute approximate surface area is 126 Å². The molecule has 1 aliphatic carbocycles. The van der Waals surface area contributed by atoms with Gasteiger partial charge < -0.3 is 15.3 Å². The minimum Gasteiger partial charge on any atom is -0.508 e. The maximum Gasteiger partial charge on any atom is 0.193 e. The van der Waals surface area contributed by atoms with E-state index in [-0.39, 0.29) is 0 Å². The molecular weight excluding hydrogens is 262 g/mol. The van der Waals surface area contributed by atoms with Gasteiger partial charge in [0, 0.05) is 32.2 Å². The molecule has 1 aromatic carbocycles. The minimum atomic E-state index is 0.417. The number of aliphatic imine (C=N–C) groups is 1. The highest BCUT2D eigenvalue weighted by Gasteiger charge is 2.19. The average molecular weight is 287 g/mol. The molecule has 0 atom stereocenters. The Morgan fingerprint density at radius 2 is 1.95 bits per heavy atom. The number of phenolic OH excluding ortho intramolecular Hbond substituents is 1. The number of fused-ring (bicyclic) bond motifs is 1. The molecular formula is C17H25N3O. The van der Waals surface area contributed by atoms with Crippen molar-refractivity contribution in [3.8, 4) is 5.75 Å². The lowest BCUT2D eigenvalue weighted by molar-refractivity contribution is 0.460. The standard InChI is InChI=1S/C17H25N3O/c1-18-17(20-10-4-5-11-20)19-12-15-14-7-3-2-6-13(14)8-9-16(15)21/h8-9,21H,2-7,10-12H2,1H3,(H,18,19). The fourth-order valence-electron chi connectivity index (χ4n) is 3.52.